The van der Waals surface area contributed by atoms with Crippen LogP contribution in [-0.4, -0.2) is 56.7 Å². The smallest absolute Gasteiger partial charge is 0.275 e. The molecule has 0 aliphatic rings. The summed E-state index contributed by atoms with van der Waals surface area (Å²) in [4.78, 5) is 13.2. The maximum Gasteiger partial charge on any atom is 0.275 e. The number of amides is 1. The number of aromatic amines is 1. The Bertz CT molecular complexity index is 555. The highest BCUT2D eigenvalue weighted by Gasteiger charge is 2.29. The minimum absolute atomic E-state index is 0.189. The Labute approximate surface area is 116 Å². The zero-order chi connectivity index (χ0) is 14.6. The molecule has 0 aromatic carbocycles. The third-order valence-corrected chi connectivity index (χ3v) is 3.96. The summed E-state index contributed by atoms with van der Waals surface area (Å²) in [6, 6.07) is 0. The van der Waals surface area contributed by atoms with Gasteiger partial charge >= 0.3 is 0 Å². The molecule has 0 saturated carbocycles. The number of aromatic nitrogens is 2. The van der Waals surface area contributed by atoms with Gasteiger partial charge < -0.3 is 9.64 Å². The van der Waals surface area contributed by atoms with Crippen molar-refractivity contribution in [2.24, 2.45) is 0 Å². The molecule has 1 aromatic heterocycles. The number of nitrogens with zero attached hydrogens (tertiary/aromatic N) is 2. The highest BCUT2D eigenvalue weighted by molar-refractivity contribution is 8.13. The van der Waals surface area contributed by atoms with Crippen LogP contribution in [0, 0.1) is 0 Å². The molecule has 108 valence electrons. The Balaban J connectivity index is 3.14. The topological polar surface area (TPSA) is 92.4 Å². The number of hydrogen-bond acceptors (Lipinski definition) is 5. The van der Waals surface area contributed by atoms with Crippen molar-refractivity contribution in [2.75, 3.05) is 27.3 Å². The number of halogens is 1. The summed E-state index contributed by atoms with van der Waals surface area (Å²) in [5, 5.41) is 6.29. The van der Waals surface area contributed by atoms with Gasteiger partial charge in [0.05, 0.1) is 12.3 Å². The van der Waals surface area contributed by atoms with Crippen molar-refractivity contribution >= 4 is 25.6 Å². The molecular weight excluding hydrogens is 294 g/mol. The van der Waals surface area contributed by atoms with Crippen LogP contribution in [-0.2, 0) is 20.2 Å². The summed E-state index contributed by atoms with van der Waals surface area (Å²) in [7, 11) is 4.37. The predicted molar refractivity (Wildman–Crippen MR) is 69.8 cm³/mol. The number of likely N-dealkylation sites (N-methyl/N-ethyl adjacent to an activating group) is 1. The van der Waals surface area contributed by atoms with Crippen LogP contribution in [0.15, 0.2) is 4.90 Å². The molecule has 19 heavy (non-hydrogen) atoms. The lowest BCUT2D eigenvalue weighted by atomic mass is 10.3. The van der Waals surface area contributed by atoms with E-state index in [1.807, 2.05) is 0 Å². The molecule has 1 aromatic rings. The molecule has 1 N–H and O–H groups in total. The third-order valence-electron chi connectivity index (χ3n) is 2.57. The van der Waals surface area contributed by atoms with E-state index in [9.17, 15) is 13.2 Å². The molecular formula is C10H16ClN3O4S. The second-order valence-corrected chi connectivity index (χ2v) is 6.39. The monoisotopic (exact) mass is 309 g/mol. The molecule has 0 saturated heterocycles. The zero-order valence-electron chi connectivity index (χ0n) is 10.9. The Morgan fingerprint density at radius 1 is 1.53 bits per heavy atom. The fraction of sp³-hybridized carbons (Fsp3) is 0.600. The quantitative estimate of drug-likeness (QED) is 0.778. The van der Waals surface area contributed by atoms with E-state index in [0.717, 1.165) is 0 Å². The largest absolute Gasteiger partial charge is 0.383 e. The fourth-order valence-corrected chi connectivity index (χ4v) is 2.87. The molecule has 1 rings (SSSR count). The standard InChI is InChI=1S/C10H16ClN3O4S/c1-4-7-9(19(11,16)17)8(13-12-7)10(15)14(2)5-6-18-3/h4-6H2,1-3H3,(H,12,13). The molecule has 7 nitrogen and oxygen atoms in total. The third kappa shape index (κ3) is 3.68. The molecule has 0 unspecified atom stereocenters. The first-order valence-corrected chi connectivity index (χ1v) is 7.90. The predicted octanol–water partition coefficient (Wildman–Crippen LogP) is 0.618. The average molecular weight is 310 g/mol. The molecule has 0 radical (unpaired) electrons. The summed E-state index contributed by atoms with van der Waals surface area (Å²) in [5.41, 5.74) is 0.129. The van der Waals surface area contributed by atoms with E-state index in [4.69, 9.17) is 15.4 Å². The summed E-state index contributed by atoms with van der Waals surface area (Å²) in [6.07, 6.45) is 0.378. The Hall–Kier alpha value is -1.12. The van der Waals surface area contributed by atoms with E-state index < -0.39 is 15.0 Å². The van der Waals surface area contributed by atoms with Crippen LogP contribution in [0.3, 0.4) is 0 Å². The van der Waals surface area contributed by atoms with Crippen molar-refractivity contribution in [1.82, 2.24) is 15.1 Å². The average Bonchev–Trinajstić information content (AvgIpc) is 2.78. The van der Waals surface area contributed by atoms with E-state index in [2.05, 4.69) is 10.2 Å². The minimum Gasteiger partial charge on any atom is -0.383 e. The number of ether oxygens (including phenoxy) is 1. The molecule has 0 fully saturated rings. The first kappa shape index (κ1) is 15.9. The van der Waals surface area contributed by atoms with Gasteiger partial charge in [-0.3, -0.25) is 9.89 Å². The molecule has 1 amide bonds. The number of H-pyrrole nitrogens is 1. The molecule has 0 spiro atoms. The van der Waals surface area contributed by atoms with Crippen LogP contribution in [0.5, 0.6) is 0 Å². The van der Waals surface area contributed by atoms with Crippen LogP contribution in [0.25, 0.3) is 0 Å². The number of nitrogens with one attached hydrogen (secondary N) is 1. The van der Waals surface area contributed by atoms with E-state index in [1.54, 1.807) is 6.92 Å². The highest BCUT2D eigenvalue weighted by atomic mass is 35.7. The highest BCUT2D eigenvalue weighted by Crippen LogP contribution is 2.23. The van der Waals surface area contributed by atoms with Gasteiger partial charge in [0.15, 0.2) is 5.69 Å². The lowest BCUT2D eigenvalue weighted by molar-refractivity contribution is 0.0735. The van der Waals surface area contributed by atoms with Crippen LogP contribution in [0.4, 0.5) is 0 Å². The number of carbonyl (C=O) groups excluding carboxylic acids is 1. The Morgan fingerprint density at radius 2 is 2.16 bits per heavy atom. The van der Waals surface area contributed by atoms with E-state index in [1.165, 1.54) is 19.1 Å². The van der Waals surface area contributed by atoms with Crippen molar-refractivity contribution in [2.45, 2.75) is 18.2 Å². The van der Waals surface area contributed by atoms with Crippen LogP contribution >= 0.6 is 10.7 Å². The minimum atomic E-state index is -4.03. The van der Waals surface area contributed by atoms with Crippen LogP contribution < -0.4 is 0 Å². The van der Waals surface area contributed by atoms with E-state index in [-0.39, 0.29) is 10.6 Å². The number of carbonyl (C=O) groups is 1. The number of hydrogen-bond donors (Lipinski definition) is 1. The van der Waals surface area contributed by atoms with Gasteiger partial charge in [-0.15, -0.1) is 0 Å². The number of aryl methyl sites for hydroxylation is 1. The van der Waals surface area contributed by atoms with Gasteiger partial charge in [0.2, 0.25) is 0 Å². The van der Waals surface area contributed by atoms with E-state index in [0.29, 0.717) is 25.3 Å². The van der Waals surface area contributed by atoms with Gasteiger partial charge in [-0.05, 0) is 6.42 Å². The van der Waals surface area contributed by atoms with Crippen molar-refractivity contribution in [3.63, 3.8) is 0 Å². The summed E-state index contributed by atoms with van der Waals surface area (Å²) >= 11 is 0. The van der Waals surface area contributed by atoms with Gasteiger partial charge in [0.25, 0.3) is 15.0 Å². The summed E-state index contributed by atoms with van der Waals surface area (Å²) in [6.45, 7) is 2.41. The van der Waals surface area contributed by atoms with Gasteiger partial charge in [-0.2, -0.15) is 5.10 Å². The second-order valence-electron chi connectivity index (χ2n) is 3.89. The lowest BCUT2D eigenvalue weighted by Gasteiger charge is -2.15. The normalized spacial score (nSPS) is 11.6. The maximum absolute atomic E-state index is 12.1. The lowest BCUT2D eigenvalue weighted by Crippen LogP contribution is -2.31. The van der Waals surface area contributed by atoms with Crippen molar-refractivity contribution in [3.05, 3.63) is 11.4 Å². The molecule has 9 heteroatoms. The maximum atomic E-state index is 12.1. The van der Waals surface area contributed by atoms with Crippen LogP contribution in [0.2, 0.25) is 0 Å². The van der Waals surface area contributed by atoms with Gasteiger partial charge in [-0.25, -0.2) is 8.42 Å². The number of rotatable bonds is 6. The second kappa shape index (κ2) is 6.36. The van der Waals surface area contributed by atoms with Crippen molar-refractivity contribution in [3.8, 4) is 0 Å². The van der Waals surface area contributed by atoms with Crippen molar-refractivity contribution in [1.29, 1.82) is 0 Å². The summed E-state index contributed by atoms with van der Waals surface area (Å²) in [5.74, 6) is -0.521. The van der Waals surface area contributed by atoms with Crippen LogP contribution in [0.1, 0.15) is 23.1 Å². The van der Waals surface area contributed by atoms with E-state index >= 15 is 0 Å². The molecule has 1 heterocycles. The van der Waals surface area contributed by atoms with Gasteiger partial charge in [0, 0.05) is 31.4 Å². The van der Waals surface area contributed by atoms with Gasteiger partial charge in [0.1, 0.15) is 4.90 Å². The fourth-order valence-electron chi connectivity index (χ4n) is 1.53. The molecule has 0 atom stereocenters. The molecule has 0 aliphatic carbocycles. The first-order valence-electron chi connectivity index (χ1n) is 5.59. The molecule has 0 bridgehead atoms. The summed E-state index contributed by atoms with van der Waals surface area (Å²) < 4.78 is 27.9. The molecule has 0 aliphatic heterocycles. The SMILES string of the molecule is CCc1[nH]nc(C(=O)N(C)CCOC)c1S(=O)(=O)Cl. The van der Waals surface area contributed by atoms with Crippen molar-refractivity contribution < 1.29 is 17.9 Å². The number of methoxy groups -OCH3 is 1. The van der Waals surface area contributed by atoms with Gasteiger partial charge in [-0.1, -0.05) is 6.92 Å². The Morgan fingerprint density at radius 3 is 2.63 bits per heavy atom. The zero-order valence-corrected chi connectivity index (χ0v) is 12.5. The first-order chi connectivity index (χ1) is 8.82. The Kier molecular flexibility index (Phi) is 5.33.